The minimum atomic E-state index is -0.196. The van der Waals surface area contributed by atoms with E-state index in [-0.39, 0.29) is 11.9 Å². The van der Waals surface area contributed by atoms with E-state index in [1.807, 2.05) is 6.07 Å². The standard InChI is InChI=1S/C12H19FN2/c1-3-15(4-2)12(9-14)10-6-5-7-11(13)8-10/h5-8,12H,3-4,9,14H2,1-2H3/t12-/m0/s1. The van der Waals surface area contributed by atoms with Crippen LogP contribution in [0, 0.1) is 5.82 Å². The Kier molecular flexibility index (Phi) is 4.72. The third kappa shape index (κ3) is 3.01. The molecule has 2 nitrogen and oxygen atoms in total. The van der Waals surface area contributed by atoms with Crippen molar-refractivity contribution in [3.8, 4) is 0 Å². The lowest BCUT2D eigenvalue weighted by Gasteiger charge is -2.28. The molecule has 15 heavy (non-hydrogen) atoms. The maximum atomic E-state index is 13.1. The summed E-state index contributed by atoms with van der Waals surface area (Å²) >= 11 is 0. The number of benzene rings is 1. The first-order valence-electron chi connectivity index (χ1n) is 5.42. The molecule has 1 aromatic carbocycles. The average Bonchev–Trinajstić information content (AvgIpc) is 2.25. The summed E-state index contributed by atoms with van der Waals surface area (Å²) in [5.41, 5.74) is 6.70. The molecule has 2 N–H and O–H groups in total. The van der Waals surface area contributed by atoms with Gasteiger partial charge in [0.15, 0.2) is 0 Å². The van der Waals surface area contributed by atoms with E-state index in [4.69, 9.17) is 5.73 Å². The Labute approximate surface area is 90.9 Å². The molecular weight excluding hydrogens is 191 g/mol. The molecule has 0 aromatic heterocycles. The summed E-state index contributed by atoms with van der Waals surface area (Å²) in [5, 5.41) is 0. The second-order valence-corrected chi connectivity index (χ2v) is 3.53. The molecule has 0 radical (unpaired) electrons. The first kappa shape index (κ1) is 12.1. The van der Waals surface area contributed by atoms with E-state index in [0.717, 1.165) is 18.7 Å². The van der Waals surface area contributed by atoms with Gasteiger partial charge in [-0.2, -0.15) is 0 Å². The van der Waals surface area contributed by atoms with Gasteiger partial charge in [-0.1, -0.05) is 26.0 Å². The van der Waals surface area contributed by atoms with Gasteiger partial charge in [0.05, 0.1) is 0 Å². The van der Waals surface area contributed by atoms with Crippen LogP contribution in [-0.4, -0.2) is 24.5 Å². The number of halogens is 1. The zero-order chi connectivity index (χ0) is 11.3. The van der Waals surface area contributed by atoms with E-state index in [1.54, 1.807) is 12.1 Å². The number of nitrogens with two attached hydrogens (primary N) is 1. The van der Waals surface area contributed by atoms with Crippen LogP contribution in [0.1, 0.15) is 25.5 Å². The van der Waals surface area contributed by atoms with E-state index < -0.39 is 0 Å². The molecule has 84 valence electrons. The van der Waals surface area contributed by atoms with Crippen molar-refractivity contribution in [2.75, 3.05) is 19.6 Å². The molecule has 0 unspecified atom stereocenters. The lowest BCUT2D eigenvalue weighted by atomic mass is 10.1. The Morgan fingerprint density at radius 1 is 1.33 bits per heavy atom. The van der Waals surface area contributed by atoms with E-state index in [0.29, 0.717) is 6.54 Å². The van der Waals surface area contributed by atoms with Gasteiger partial charge in [0.1, 0.15) is 5.82 Å². The van der Waals surface area contributed by atoms with E-state index in [9.17, 15) is 4.39 Å². The van der Waals surface area contributed by atoms with E-state index >= 15 is 0 Å². The Hall–Kier alpha value is -0.930. The molecule has 0 amide bonds. The van der Waals surface area contributed by atoms with Gasteiger partial charge in [0, 0.05) is 12.6 Å². The summed E-state index contributed by atoms with van der Waals surface area (Å²) in [5.74, 6) is -0.196. The lowest BCUT2D eigenvalue weighted by molar-refractivity contribution is 0.223. The van der Waals surface area contributed by atoms with Gasteiger partial charge < -0.3 is 5.73 Å². The van der Waals surface area contributed by atoms with Crippen molar-refractivity contribution in [2.24, 2.45) is 5.73 Å². The Morgan fingerprint density at radius 2 is 2.00 bits per heavy atom. The fourth-order valence-corrected chi connectivity index (χ4v) is 1.87. The molecule has 1 aromatic rings. The van der Waals surface area contributed by atoms with Crippen LogP contribution in [0.15, 0.2) is 24.3 Å². The first-order chi connectivity index (χ1) is 7.22. The van der Waals surface area contributed by atoms with Crippen molar-refractivity contribution in [1.82, 2.24) is 4.90 Å². The molecule has 3 heteroatoms. The Balaban J connectivity index is 2.90. The van der Waals surface area contributed by atoms with Crippen LogP contribution in [-0.2, 0) is 0 Å². The van der Waals surface area contributed by atoms with Gasteiger partial charge >= 0.3 is 0 Å². The number of nitrogens with zero attached hydrogens (tertiary/aromatic N) is 1. The Morgan fingerprint density at radius 3 is 2.47 bits per heavy atom. The fourth-order valence-electron chi connectivity index (χ4n) is 1.87. The van der Waals surface area contributed by atoms with Gasteiger partial charge in [-0.15, -0.1) is 0 Å². The summed E-state index contributed by atoms with van der Waals surface area (Å²) in [7, 11) is 0. The lowest BCUT2D eigenvalue weighted by Crippen LogP contribution is -2.33. The summed E-state index contributed by atoms with van der Waals surface area (Å²) in [6, 6.07) is 6.81. The fraction of sp³-hybridized carbons (Fsp3) is 0.500. The predicted octanol–water partition coefficient (Wildman–Crippen LogP) is 2.17. The van der Waals surface area contributed by atoms with Gasteiger partial charge in [-0.05, 0) is 30.8 Å². The molecule has 0 heterocycles. The third-order valence-corrected chi connectivity index (χ3v) is 2.71. The second-order valence-electron chi connectivity index (χ2n) is 3.53. The number of hydrogen-bond acceptors (Lipinski definition) is 2. The Bertz CT molecular complexity index is 297. The highest BCUT2D eigenvalue weighted by Gasteiger charge is 2.16. The van der Waals surface area contributed by atoms with Crippen LogP contribution < -0.4 is 5.73 Å². The topological polar surface area (TPSA) is 29.3 Å². The van der Waals surface area contributed by atoms with Gasteiger partial charge in [0.2, 0.25) is 0 Å². The van der Waals surface area contributed by atoms with Crippen LogP contribution in [0.25, 0.3) is 0 Å². The molecule has 0 saturated heterocycles. The largest absolute Gasteiger partial charge is 0.329 e. The molecule has 0 fully saturated rings. The molecule has 0 aliphatic heterocycles. The van der Waals surface area contributed by atoms with Crippen LogP contribution in [0.5, 0.6) is 0 Å². The van der Waals surface area contributed by atoms with Gasteiger partial charge in [-0.3, -0.25) is 4.90 Å². The zero-order valence-electron chi connectivity index (χ0n) is 9.41. The van der Waals surface area contributed by atoms with E-state index in [2.05, 4.69) is 18.7 Å². The minimum Gasteiger partial charge on any atom is -0.329 e. The summed E-state index contributed by atoms with van der Waals surface area (Å²) < 4.78 is 13.1. The van der Waals surface area contributed by atoms with Crippen LogP contribution in [0.2, 0.25) is 0 Å². The highest BCUT2D eigenvalue weighted by Crippen LogP contribution is 2.19. The van der Waals surface area contributed by atoms with Crippen LogP contribution in [0.4, 0.5) is 4.39 Å². The normalized spacial score (nSPS) is 13.1. The summed E-state index contributed by atoms with van der Waals surface area (Å²) in [6.45, 7) is 6.55. The number of likely N-dealkylation sites (N-methyl/N-ethyl adjacent to an activating group) is 1. The molecule has 0 aliphatic rings. The van der Waals surface area contributed by atoms with E-state index in [1.165, 1.54) is 6.07 Å². The van der Waals surface area contributed by atoms with Gasteiger partial charge in [-0.25, -0.2) is 4.39 Å². The summed E-state index contributed by atoms with van der Waals surface area (Å²) in [4.78, 5) is 2.23. The first-order valence-corrected chi connectivity index (χ1v) is 5.42. The maximum absolute atomic E-state index is 13.1. The summed E-state index contributed by atoms with van der Waals surface area (Å²) in [6.07, 6.45) is 0. The highest BCUT2D eigenvalue weighted by atomic mass is 19.1. The number of hydrogen-bond donors (Lipinski definition) is 1. The van der Waals surface area contributed by atoms with Crippen molar-refractivity contribution in [2.45, 2.75) is 19.9 Å². The highest BCUT2D eigenvalue weighted by molar-refractivity contribution is 5.20. The zero-order valence-corrected chi connectivity index (χ0v) is 9.41. The van der Waals surface area contributed by atoms with Crippen molar-refractivity contribution in [3.63, 3.8) is 0 Å². The van der Waals surface area contributed by atoms with Crippen molar-refractivity contribution in [3.05, 3.63) is 35.6 Å². The third-order valence-electron chi connectivity index (χ3n) is 2.71. The predicted molar refractivity (Wildman–Crippen MR) is 61.1 cm³/mol. The number of rotatable bonds is 5. The van der Waals surface area contributed by atoms with Gasteiger partial charge in [0.25, 0.3) is 0 Å². The van der Waals surface area contributed by atoms with Crippen LogP contribution >= 0.6 is 0 Å². The van der Waals surface area contributed by atoms with Crippen molar-refractivity contribution < 1.29 is 4.39 Å². The molecular formula is C12H19FN2. The molecule has 0 aliphatic carbocycles. The second kappa shape index (κ2) is 5.83. The average molecular weight is 210 g/mol. The molecule has 0 saturated carbocycles. The smallest absolute Gasteiger partial charge is 0.123 e. The molecule has 1 rings (SSSR count). The molecule has 1 atom stereocenters. The van der Waals surface area contributed by atoms with Crippen molar-refractivity contribution in [1.29, 1.82) is 0 Å². The monoisotopic (exact) mass is 210 g/mol. The SMILES string of the molecule is CCN(CC)[C@@H](CN)c1cccc(F)c1. The quantitative estimate of drug-likeness (QED) is 0.807. The van der Waals surface area contributed by atoms with Crippen molar-refractivity contribution >= 4 is 0 Å². The minimum absolute atomic E-state index is 0.121. The maximum Gasteiger partial charge on any atom is 0.123 e. The molecule has 0 bridgehead atoms. The molecule has 0 spiro atoms. The van der Waals surface area contributed by atoms with Crippen LogP contribution in [0.3, 0.4) is 0 Å².